The van der Waals surface area contributed by atoms with E-state index >= 15 is 0 Å². The van der Waals surface area contributed by atoms with E-state index < -0.39 is 0 Å². The van der Waals surface area contributed by atoms with Gasteiger partial charge in [-0.1, -0.05) is 23.7 Å². The third-order valence-electron chi connectivity index (χ3n) is 4.42. The molecule has 4 aromatic rings. The molecule has 1 N–H and O–H groups in total. The summed E-state index contributed by atoms with van der Waals surface area (Å²) in [6.45, 7) is 2.30. The minimum atomic E-state index is -0.277. The van der Waals surface area contributed by atoms with Gasteiger partial charge < -0.3 is 9.47 Å². The molecule has 4 rings (SSSR count). The van der Waals surface area contributed by atoms with Gasteiger partial charge in [0, 0.05) is 26.4 Å². The molecule has 0 radical (unpaired) electrons. The van der Waals surface area contributed by atoms with E-state index in [2.05, 4.69) is 15.3 Å². The standard InChI is InChI=1S/C22H18ClN3O3S2/c1-13-20(14-3-6-16(23)7-4-14)25-22(31-13)26-21(27)15-5-8-18(19(9-15)28-2)29-10-17-11-30-12-24-17/h3-9,11-12H,10H2,1-2H3,(H,25,26,27). The Morgan fingerprint density at radius 1 is 1.16 bits per heavy atom. The van der Waals surface area contributed by atoms with Crippen LogP contribution in [0.4, 0.5) is 5.13 Å². The van der Waals surface area contributed by atoms with Crippen molar-refractivity contribution in [2.24, 2.45) is 0 Å². The molecule has 2 heterocycles. The van der Waals surface area contributed by atoms with E-state index in [4.69, 9.17) is 21.1 Å². The normalized spacial score (nSPS) is 10.7. The van der Waals surface area contributed by atoms with Crippen molar-refractivity contribution in [3.8, 4) is 22.8 Å². The summed E-state index contributed by atoms with van der Waals surface area (Å²) in [6.07, 6.45) is 0. The van der Waals surface area contributed by atoms with Gasteiger partial charge in [0.25, 0.3) is 5.91 Å². The molecule has 0 fully saturated rings. The molecule has 31 heavy (non-hydrogen) atoms. The molecular weight excluding hydrogens is 454 g/mol. The van der Waals surface area contributed by atoms with Crippen LogP contribution < -0.4 is 14.8 Å². The zero-order valence-corrected chi connectivity index (χ0v) is 19.1. The van der Waals surface area contributed by atoms with E-state index in [9.17, 15) is 4.79 Å². The quantitative estimate of drug-likeness (QED) is 0.354. The van der Waals surface area contributed by atoms with E-state index in [0.29, 0.717) is 33.8 Å². The lowest BCUT2D eigenvalue weighted by Crippen LogP contribution is -2.12. The van der Waals surface area contributed by atoms with Gasteiger partial charge in [-0.3, -0.25) is 10.1 Å². The number of aromatic nitrogens is 2. The first-order chi connectivity index (χ1) is 15.0. The lowest BCUT2D eigenvalue weighted by atomic mass is 10.1. The fourth-order valence-electron chi connectivity index (χ4n) is 2.88. The number of benzene rings is 2. The summed E-state index contributed by atoms with van der Waals surface area (Å²) in [5.74, 6) is 0.739. The van der Waals surface area contributed by atoms with Gasteiger partial charge in [0.1, 0.15) is 6.61 Å². The minimum Gasteiger partial charge on any atom is -0.493 e. The highest BCUT2D eigenvalue weighted by atomic mass is 35.5. The molecule has 158 valence electrons. The summed E-state index contributed by atoms with van der Waals surface area (Å²) < 4.78 is 11.2. The highest BCUT2D eigenvalue weighted by Crippen LogP contribution is 2.32. The van der Waals surface area contributed by atoms with Gasteiger partial charge in [0.2, 0.25) is 0 Å². The van der Waals surface area contributed by atoms with Crippen molar-refractivity contribution in [3.63, 3.8) is 0 Å². The predicted molar refractivity (Wildman–Crippen MR) is 125 cm³/mol. The van der Waals surface area contributed by atoms with Crippen molar-refractivity contribution in [3.05, 3.63) is 74.5 Å². The largest absolute Gasteiger partial charge is 0.493 e. The molecule has 0 bridgehead atoms. The van der Waals surface area contributed by atoms with Gasteiger partial charge >= 0.3 is 0 Å². The number of nitrogens with zero attached hydrogens (tertiary/aromatic N) is 2. The Hall–Kier alpha value is -2.94. The summed E-state index contributed by atoms with van der Waals surface area (Å²) in [4.78, 5) is 22.5. The number of halogens is 1. The smallest absolute Gasteiger partial charge is 0.257 e. The minimum absolute atomic E-state index is 0.277. The first-order valence-corrected chi connectivity index (χ1v) is 11.4. The third-order valence-corrected chi connectivity index (χ3v) is 6.19. The van der Waals surface area contributed by atoms with E-state index in [1.807, 2.05) is 36.6 Å². The maximum atomic E-state index is 12.8. The van der Waals surface area contributed by atoms with E-state index in [1.54, 1.807) is 23.7 Å². The molecule has 0 saturated carbocycles. The average Bonchev–Trinajstić information content (AvgIpc) is 3.42. The van der Waals surface area contributed by atoms with Crippen LogP contribution in [-0.2, 0) is 6.61 Å². The molecular formula is C22H18ClN3O3S2. The monoisotopic (exact) mass is 471 g/mol. The Balaban J connectivity index is 1.48. The number of ether oxygens (including phenoxy) is 2. The van der Waals surface area contributed by atoms with Crippen LogP contribution >= 0.6 is 34.3 Å². The fourth-order valence-corrected chi connectivity index (χ4v) is 4.38. The fraction of sp³-hybridized carbons (Fsp3) is 0.136. The summed E-state index contributed by atoms with van der Waals surface area (Å²) in [6, 6.07) is 12.5. The number of hydrogen-bond acceptors (Lipinski definition) is 7. The maximum Gasteiger partial charge on any atom is 0.257 e. The number of aryl methyl sites for hydroxylation is 1. The van der Waals surface area contributed by atoms with Crippen molar-refractivity contribution in [1.29, 1.82) is 0 Å². The Bertz CT molecular complexity index is 1190. The van der Waals surface area contributed by atoms with Gasteiger partial charge in [-0.25, -0.2) is 9.97 Å². The van der Waals surface area contributed by atoms with Crippen LogP contribution in [0.25, 0.3) is 11.3 Å². The molecule has 0 aliphatic rings. The summed E-state index contributed by atoms with van der Waals surface area (Å²) in [5.41, 5.74) is 4.80. The molecule has 0 atom stereocenters. The molecule has 0 aliphatic carbocycles. The van der Waals surface area contributed by atoms with Gasteiger partial charge in [0.05, 0.1) is 24.0 Å². The molecule has 0 spiro atoms. The number of carbonyl (C=O) groups is 1. The second-order valence-electron chi connectivity index (χ2n) is 6.52. The van der Waals surface area contributed by atoms with Gasteiger partial charge in [-0.2, -0.15) is 0 Å². The van der Waals surface area contributed by atoms with Crippen molar-refractivity contribution >= 4 is 45.3 Å². The van der Waals surface area contributed by atoms with Crippen LogP contribution in [0.1, 0.15) is 20.9 Å². The van der Waals surface area contributed by atoms with Crippen LogP contribution in [0.15, 0.2) is 53.4 Å². The average molecular weight is 472 g/mol. The highest BCUT2D eigenvalue weighted by molar-refractivity contribution is 7.16. The van der Waals surface area contributed by atoms with Crippen molar-refractivity contribution < 1.29 is 14.3 Å². The summed E-state index contributed by atoms with van der Waals surface area (Å²) in [7, 11) is 1.54. The molecule has 0 aliphatic heterocycles. The molecule has 2 aromatic carbocycles. The second kappa shape index (κ2) is 9.47. The third kappa shape index (κ3) is 5.04. The Labute approximate surface area is 192 Å². The maximum absolute atomic E-state index is 12.8. The van der Waals surface area contributed by atoms with Gasteiger partial charge in [0.15, 0.2) is 16.6 Å². The topological polar surface area (TPSA) is 73.3 Å². The molecule has 1 amide bonds. The Kier molecular flexibility index (Phi) is 6.50. The number of nitrogens with one attached hydrogen (secondary N) is 1. The molecule has 9 heteroatoms. The SMILES string of the molecule is COc1cc(C(=O)Nc2nc(-c3ccc(Cl)cc3)c(C)s2)ccc1OCc1cscn1. The van der Waals surface area contributed by atoms with Crippen LogP contribution in [-0.4, -0.2) is 23.0 Å². The molecule has 0 saturated heterocycles. The zero-order chi connectivity index (χ0) is 21.8. The Morgan fingerprint density at radius 2 is 1.97 bits per heavy atom. The number of hydrogen-bond donors (Lipinski definition) is 1. The van der Waals surface area contributed by atoms with Crippen LogP contribution in [0.3, 0.4) is 0 Å². The molecule has 6 nitrogen and oxygen atoms in total. The lowest BCUT2D eigenvalue weighted by molar-refractivity contribution is 0.102. The van der Waals surface area contributed by atoms with E-state index in [1.165, 1.54) is 29.8 Å². The van der Waals surface area contributed by atoms with Crippen molar-refractivity contribution in [2.75, 3.05) is 12.4 Å². The van der Waals surface area contributed by atoms with Gasteiger partial charge in [-0.05, 0) is 37.3 Å². The highest BCUT2D eigenvalue weighted by Gasteiger charge is 2.15. The number of carbonyl (C=O) groups excluding carboxylic acids is 1. The van der Waals surface area contributed by atoms with Gasteiger partial charge in [-0.15, -0.1) is 22.7 Å². The second-order valence-corrected chi connectivity index (χ2v) is 8.88. The van der Waals surface area contributed by atoms with Crippen molar-refractivity contribution in [2.45, 2.75) is 13.5 Å². The molecule has 0 unspecified atom stereocenters. The first-order valence-electron chi connectivity index (χ1n) is 9.26. The van der Waals surface area contributed by atoms with E-state index in [-0.39, 0.29) is 5.91 Å². The first kappa shape index (κ1) is 21.3. The number of rotatable bonds is 7. The number of anilines is 1. The van der Waals surface area contributed by atoms with Crippen LogP contribution in [0, 0.1) is 6.92 Å². The Morgan fingerprint density at radius 3 is 2.68 bits per heavy atom. The lowest BCUT2D eigenvalue weighted by Gasteiger charge is -2.11. The van der Waals surface area contributed by atoms with E-state index in [0.717, 1.165) is 21.8 Å². The number of methoxy groups -OCH3 is 1. The summed E-state index contributed by atoms with van der Waals surface area (Å²) in [5, 5.41) is 5.97. The number of thiazole rings is 2. The number of amides is 1. The van der Waals surface area contributed by atoms with Crippen molar-refractivity contribution in [1.82, 2.24) is 9.97 Å². The predicted octanol–water partition coefficient (Wildman–Crippen LogP) is 6.07. The molecule has 2 aromatic heterocycles. The summed E-state index contributed by atoms with van der Waals surface area (Å²) >= 11 is 8.89. The van der Waals surface area contributed by atoms with Crippen LogP contribution in [0.5, 0.6) is 11.5 Å². The zero-order valence-electron chi connectivity index (χ0n) is 16.7. The van der Waals surface area contributed by atoms with Crippen LogP contribution in [0.2, 0.25) is 5.02 Å².